The van der Waals surface area contributed by atoms with Crippen molar-refractivity contribution in [1.29, 1.82) is 0 Å². The van der Waals surface area contributed by atoms with Crippen LogP contribution in [-0.2, 0) is 0 Å². The number of pyridine rings is 1. The summed E-state index contributed by atoms with van der Waals surface area (Å²) >= 11 is 0. The Bertz CT molecular complexity index is 6430. The van der Waals surface area contributed by atoms with Crippen LogP contribution in [0.1, 0.15) is 0 Å². The van der Waals surface area contributed by atoms with Crippen molar-refractivity contribution in [3.63, 3.8) is 0 Å². The van der Waals surface area contributed by atoms with Gasteiger partial charge in [-0.05, 0) is 54.1 Å². The van der Waals surface area contributed by atoms with Gasteiger partial charge in [-0.15, -0.1) is 0 Å². The highest BCUT2D eigenvalue weighted by molar-refractivity contribution is 6.14. The molecular weight excluding hydrogens is 1380 g/mol. The molecule has 0 amide bonds. The summed E-state index contributed by atoms with van der Waals surface area (Å²) in [4.78, 5) is 71.6. The van der Waals surface area contributed by atoms with Crippen LogP contribution in [0.3, 0.4) is 0 Å². The van der Waals surface area contributed by atoms with Crippen molar-refractivity contribution in [2.24, 2.45) is 0 Å². The fourth-order valence-electron chi connectivity index (χ4n) is 14.6. The first-order chi connectivity index (χ1) is 55.4. The average molecular weight is 1440 g/mol. The minimum absolute atomic E-state index is 0.343. The lowest BCUT2D eigenvalue weighted by atomic mass is 10.0. The van der Waals surface area contributed by atoms with Crippen molar-refractivity contribution in [3.05, 3.63) is 364 Å². The topological polar surface area (TPSA) is 182 Å². The highest BCUT2D eigenvalue weighted by atomic mass is 15.1. The zero-order chi connectivity index (χ0) is 74.4. The molecule has 0 fully saturated rings. The summed E-state index contributed by atoms with van der Waals surface area (Å²) in [6.45, 7) is 9.65. The molecule has 0 radical (unpaired) electrons. The first-order valence-corrected chi connectivity index (χ1v) is 36.6. The van der Waals surface area contributed by atoms with Crippen LogP contribution >= 0.6 is 0 Å². The van der Waals surface area contributed by atoms with E-state index in [9.17, 15) is 6.57 Å². The summed E-state index contributed by atoms with van der Waals surface area (Å²) in [6.07, 6.45) is 3.61. The summed E-state index contributed by atoms with van der Waals surface area (Å²) in [5, 5.41) is 3.69. The van der Waals surface area contributed by atoms with E-state index >= 15 is 0 Å². The third-order valence-electron chi connectivity index (χ3n) is 20.1. The lowest BCUT2D eigenvalue weighted by Crippen LogP contribution is -2.03. The van der Waals surface area contributed by atoms with E-state index in [1.807, 2.05) is 261 Å². The maximum absolute atomic E-state index is 9.65. The summed E-state index contributed by atoms with van der Waals surface area (Å²) in [5.41, 5.74) is 16.2. The summed E-state index contributed by atoms with van der Waals surface area (Å²) < 4.78 is 4.45. The van der Waals surface area contributed by atoms with Gasteiger partial charge in [0, 0.05) is 112 Å². The molecule has 0 N–H and O–H groups in total. The fraction of sp³-hybridized carbons (Fsp3) is 0. The number of nitrogens with zero attached hydrogens (tertiary/aromatic N) is 16. The molecule has 16 heteroatoms. The second-order valence-electron chi connectivity index (χ2n) is 27.0. The van der Waals surface area contributed by atoms with Gasteiger partial charge in [-0.2, -0.15) is 0 Å². The van der Waals surface area contributed by atoms with Crippen molar-refractivity contribution in [3.8, 4) is 159 Å². The average Bonchev–Trinajstić information content (AvgIpc) is 1.55. The van der Waals surface area contributed by atoms with Gasteiger partial charge in [-0.3, -0.25) is 4.98 Å². The van der Waals surface area contributed by atoms with E-state index in [1.165, 1.54) is 0 Å². The second-order valence-corrected chi connectivity index (χ2v) is 27.0. The molecule has 13 aromatic carbocycles. The fourth-order valence-corrected chi connectivity index (χ4v) is 14.6. The van der Waals surface area contributed by atoms with Gasteiger partial charge < -0.3 is 9.13 Å². The van der Waals surface area contributed by atoms with Crippen LogP contribution in [-0.4, -0.2) is 73.9 Å². The normalized spacial score (nSPS) is 11.4. The molecule has 0 saturated heterocycles. The molecule has 16 nitrogen and oxygen atoms in total. The molecule has 0 unspecified atom stereocenters. The Kier molecular flexibility index (Phi) is 16.5. The molecule has 0 spiro atoms. The number of fused-ring (bicyclic) bond motifs is 6. The quantitative estimate of drug-likeness (QED) is 0.0885. The van der Waals surface area contributed by atoms with Crippen molar-refractivity contribution in [1.82, 2.24) is 73.9 Å². The Morgan fingerprint density at radius 3 is 0.634 bits per heavy atom. The first-order valence-electron chi connectivity index (χ1n) is 36.6. The van der Waals surface area contributed by atoms with Crippen molar-refractivity contribution in [2.75, 3.05) is 0 Å². The van der Waals surface area contributed by atoms with Crippen LogP contribution in [0.15, 0.2) is 352 Å². The van der Waals surface area contributed by atoms with Crippen molar-refractivity contribution in [2.45, 2.75) is 0 Å². The van der Waals surface area contributed by atoms with E-state index in [2.05, 4.69) is 97.8 Å². The molecule has 7 heterocycles. The summed E-state index contributed by atoms with van der Waals surface area (Å²) in [7, 11) is 0. The number of rotatable bonds is 15. The Hall–Kier alpha value is -15.9. The molecule has 7 aromatic heterocycles. The van der Waals surface area contributed by atoms with Gasteiger partial charge in [-0.25, -0.2) is 64.7 Å². The SMILES string of the molecule is [C-]#[N+]c1cc(-n2c3cc(-c4nc(-c5ccccc5)nc(-c5ccccc5)n4)ccc3c3ccc(-c4nc(-c5ccccc5)nc(-c5ccccc5)n4)cc32)c(-c2ccncc2)cc1-n1c2cc(-c3nc(-c4ccccc4)nc(-c4ccccc4)n3)ccc2c2ccc(-c3nc(-c4ccccc4)nc(-c4ccccc4)n3)cc21. The number of hydrogen-bond donors (Lipinski definition) is 0. The molecular formula is C96H58N16. The van der Waals surface area contributed by atoms with Crippen LogP contribution in [0.25, 0.3) is 208 Å². The van der Waals surface area contributed by atoms with E-state index in [0.29, 0.717) is 87.0 Å². The molecule has 0 aliphatic rings. The molecule has 0 atom stereocenters. The molecule has 0 saturated carbocycles. The standard InChI is InChI=1S/C96H58N16/c1-97-78-59-83(111-79-54-69(93-103-85(61-26-10-2-11-27-61)99-86(104-93)62-28-12-3-13-29-62)42-46-73(79)74-47-43-70(55-80(74)111)94-105-87(63-30-14-4-15-31-63)100-88(106-94)64-32-16-5-17-33-64)77(60-50-52-98-53-51-60)58-84(78)112-81-56-71(95-107-89(65-34-18-6-19-35-65)101-90(108-95)66-36-20-7-21-37-66)44-48-75(81)76-49-45-72(57-82(76)112)96-109-91(67-38-22-8-23-39-67)102-92(110-96)68-40-24-9-25-41-68/h2-59H. The summed E-state index contributed by atoms with van der Waals surface area (Å²) in [6, 6.07) is 113. The lowest BCUT2D eigenvalue weighted by molar-refractivity contribution is 1.07. The van der Waals surface area contributed by atoms with Gasteiger partial charge in [0.15, 0.2) is 69.9 Å². The largest absolute Gasteiger partial charge is 0.319 e. The molecule has 112 heavy (non-hydrogen) atoms. The van der Waals surface area contributed by atoms with Gasteiger partial charge >= 0.3 is 0 Å². The highest BCUT2D eigenvalue weighted by Crippen LogP contribution is 2.46. The number of benzene rings is 13. The van der Waals surface area contributed by atoms with Gasteiger partial charge in [0.1, 0.15) is 0 Å². The molecule has 522 valence electrons. The monoisotopic (exact) mass is 1430 g/mol. The lowest BCUT2D eigenvalue weighted by Gasteiger charge is -2.19. The van der Waals surface area contributed by atoms with E-state index in [-0.39, 0.29) is 0 Å². The third kappa shape index (κ3) is 12.3. The molecule has 20 aromatic rings. The predicted octanol–water partition coefficient (Wildman–Crippen LogP) is 22.2. The number of hydrogen-bond acceptors (Lipinski definition) is 13. The van der Waals surface area contributed by atoms with Crippen LogP contribution < -0.4 is 0 Å². The van der Waals surface area contributed by atoms with Crippen LogP contribution in [0.2, 0.25) is 0 Å². The van der Waals surface area contributed by atoms with Gasteiger partial charge in [0.25, 0.3) is 0 Å². The highest BCUT2D eigenvalue weighted by Gasteiger charge is 2.27. The van der Waals surface area contributed by atoms with E-state index in [0.717, 1.165) is 122 Å². The van der Waals surface area contributed by atoms with E-state index in [1.54, 1.807) is 12.4 Å². The van der Waals surface area contributed by atoms with Crippen LogP contribution in [0.5, 0.6) is 0 Å². The van der Waals surface area contributed by atoms with Gasteiger partial charge in [0.05, 0.1) is 34.3 Å². The number of aromatic nitrogens is 15. The van der Waals surface area contributed by atoms with Crippen molar-refractivity contribution >= 4 is 49.3 Å². The molecule has 0 aliphatic carbocycles. The van der Waals surface area contributed by atoms with Crippen LogP contribution in [0.4, 0.5) is 5.69 Å². The predicted molar refractivity (Wildman–Crippen MR) is 443 cm³/mol. The minimum atomic E-state index is 0.343. The Labute approximate surface area is 642 Å². The second kappa shape index (κ2) is 28.1. The van der Waals surface area contributed by atoms with Gasteiger partial charge in [0.2, 0.25) is 5.69 Å². The maximum Gasteiger partial charge on any atom is 0.212 e. The van der Waals surface area contributed by atoms with E-state index in [4.69, 9.17) is 59.8 Å². The summed E-state index contributed by atoms with van der Waals surface area (Å²) in [5.74, 6) is 6.12. The zero-order valence-corrected chi connectivity index (χ0v) is 59.6. The van der Waals surface area contributed by atoms with Gasteiger partial charge in [-0.1, -0.05) is 291 Å². The molecule has 0 bridgehead atoms. The molecule has 20 rings (SSSR count). The Morgan fingerprint density at radius 1 is 0.196 bits per heavy atom. The maximum atomic E-state index is 9.65. The van der Waals surface area contributed by atoms with Crippen molar-refractivity contribution < 1.29 is 0 Å². The smallest absolute Gasteiger partial charge is 0.212 e. The Morgan fingerprint density at radius 2 is 0.411 bits per heavy atom. The Balaban J connectivity index is 0.863. The van der Waals surface area contributed by atoms with E-state index < -0.39 is 0 Å². The molecule has 0 aliphatic heterocycles. The van der Waals surface area contributed by atoms with Crippen LogP contribution in [0, 0.1) is 6.57 Å². The minimum Gasteiger partial charge on any atom is -0.319 e. The zero-order valence-electron chi connectivity index (χ0n) is 59.6. The third-order valence-corrected chi connectivity index (χ3v) is 20.1. The first kappa shape index (κ1) is 65.6.